The molecular formula is C29H22ClN5O2. The molecule has 2 heterocycles. The summed E-state index contributed by atoms with van der Waals surface area (Å²) in [6.45, 7) is 0.553. The Balaban J connectivity index is 1.26. The average molecular weight is 508 g/mol. The van der Waals surface area contributed by atoms with Gasteiger partial charge in [0.15, 0.2) is 5.76 Å². The number of hydrogen-bond donors (Lipinski definition) is 3. The van der Waals surface area contributed by atoms with Gasteiger partial charge in [-0.15, -0.1) is 0 Å². The Kier molecular flexibility index (Phi) is 7.02. The van der Waals surface area contributed by atoms with Crippen LogP contribution in [0.25, 0.3) is 22.4 Å². The first-order valence-electron chi connectivity index (χ1n) is 11.6. The second-order valence-electron chi connectivity index (χ2n) is 8.27. The van der Waals surface area contributed by atoms with Crippen LogP contribution in [-0.4, -0.2) is 17.6 Å². The number of rotatable bonds is 7. The molecule has 37 heavy (non-hydrogen) atoms. The van der Waals surface area contributed by atoms with Crippen molar-refractivity contribution in [2.75, 3.05) is 22.5 Å². The van der Waals surface area contributed by atoms with E-state index in [2.05, 4.69) is 27.0 Å². The molecule has 0 spiro atoms. The van der Waals surface area contributed by atoms with Crippen LogP contribution in [0.3, 0.4) is 0 Å². The number of urea groups is 1. The molecule has 3 aromatic carbocycles. The third kappa shape index (κ3) is 5.40. The van der Waals surface area contributed by atoms with E-state index in [0.717, 1.165) is 16.8 Å². The molecule has 5 aromatic rings. The molecule has 7 nitrogen and oxygen atoms in total. The fourth-order valence-corrected chi connectivity index (χ4v) is 4.30. The summed E-state index contributed by atoms with van der Waals surface area (Å²) in [5, 5.41) is 19.6. The van der Waals surface area contributed by atoms with Crippen molar-refractivity contribution in [3.05, 3.63) is 107 Å². The number of para-hydroxylation sites is 1. The number of nitrogens with zero attached hydrogens (tertiary/aromatic N) is 2. The highest BCUT2D eigenvalue weighted by Gasteiger charge is 2.20. The van der Waals surface area contributed by atoms with Gasteiger partial charge in [0.05, 0.1) is 27.9 Å². The number of carbonyl (C=O) groups is 1. The van der Waals surface area contributed by atoms with E-state index < -0.39 is 0 Å². The summed E-state index contributed by atoms with van der Waals surface area (Å²) in [6, 6.07) is 28.3. The summed E-state index contributed by atoms with van der Waals surface area (Å²) >= 11 is 6.71. The predicted octanol–water partition coefficient (Wildman–Crippen LogP) is 7.32. The number of furan rings is 1. The van der Waals surface area contributed by atoms with E-state index in [4.69, 9.17) is 16.0 Å². The van der Waals surface area contributed by atoms with Gasteiger partial charge in [-0.1, -0.05) is 72.3 Å². The number of aromatic nitrogens is 1. The number of nitriles is 1. The minimum atomic E-state index is -0.307. The van der Waals surface area contributed by atoms with E-state index in [1.54, 1.807) is 0 Å². The molecule has 0 unspecified atom stereocenters. The summed E-state index contributed by atoms with van der Waals surface area (Å²) in [5.41, 5.74) is 4.66. The zero-order chi connectivity index (χ0) is 25.6. The van der Waals surface area contributed by atoms with Crippen molar-refractivity contribution in [3.63, 3.8) is 0 Å². The lowest BCUT2D eigenvalue weighted by Gasteiger charge is -2.11. The van der Waals surface area contributed by atoms with Crippen LogP contribution < -0.4 is 16.0 Å². The van der Waals surface area contributed by atoms with Gasteiger partial charge in [0.25, 0.3) is 0 Å². The number of benzene rings is 3. The number of nitrogens with one attached hydrogen (secondary N) is 3. The quantitative estimate of drug-likeness (QED) is 0.214. The Morgan fingerprint density at radius 2 is 1.57 bits per heavy atom. The molecule has 5 rings (SSSR count). The van der Waals surface area contributed by atoms with Gasteiger partial charge in [-0.05, 0) is 36.2 Å². The van der Waals surface area contributed by atoms with Gasteiger partial charge >= 0.3 is 6.03 Å². The molecule has 3 N–H and O–H groups in total. The average Bonchev–Trinajstić information content (AvgIpc) is 3.27. The van der Waals surface area contributed by atoms with Gasteiger partial charge in [-0.3, -0.25) is 0 Å². The Hall–Kier alpha value is -4.80. The second kappa shape index (κ2) is 10.9. The summed E-state index contributed by atoms with van der Waals surface area (Å²) in [6.07, 6.45) is 2.17. The first-order valence-corrected chi connectivity index (χ1v) is 12.0. The lowest BCUT2D eigenvalue weighted by molar-refractivity contribution is 0.262. The molecule has 0 atom stereocenters. The maximum absolute atomic E-state index is 12.2. The third-order valence-corrected chi connectivity index (χ3v) is 6.14. The van der Waals surface area contributed by atoms with E-state index in [0.29, 0.717) is 51.8 Å². The number of pyridine rings is 1. The van der Waals surface area contributed by atoms with Crippen LogP contribution in [0.1, 0.15) is 11.1 Å². The molecule has 0 aliphatic carbocycles. The Morgan fingerprint density at radius 3 is 2.24 bits per heavy atom. The number of carbonyl (C=O) groups excluding carboxylic acids is 1. The number of anilines is 3. The van der Waals surface area contributed by atoms with Gasteiger partial charge in [0, 0.05) is 23.5 Å². The summed E-state index contributed by atoms with van der Waals surface area (Å²) in [7, 11) is 0. The van der Waals surface area contributed by atoms with Crippen LogP contribution in [-0.2, 0) is 6.42 Å². The molecule has 0 saturated heterocycles. The standard InChI is InChI=1S/C29H22ClN5O2/c30-25-24-26(21(17-31)18-33-28(24)37-27(25)20-7-3-1-4-8-20)32-16-15-19-11-13-23(14-12-19)35-29(36)34-22-9-5-2-6-10-22/h1-14,18H,15-16H2,(H,32,33)(H2,34,35,36). The Morgan fingerprint density at radius 1 is 0.919 bits per heavy atom. The van der Waals surface area contributed by atoms with Crippen molar-refractivity contribution in [1.29, 1.82) is 5.26 Å². The molecule has 2 amide bonds. The lowest BCUT2D eigenvalue weighted by atomic mass is 10.1. The Bertz CT molecular complexity index is 1580. The summed E-state index contributed by atoms with van der Waals surface area (Å²) in [4.78, 5) is 16.5. The first-order chi connectivity index (χ1) is 18.1. The molecule has 182 valence electrons. The fraction of sp³-hybridized carbons (Fsp3) is 0.0690. The van der Waals surface area contributed by atoms with E-state index >= 15 is 0 Å². The minimum absolute atomic E-state index is 0.307. The number of fused-ring (bicyclic) bond motifs is 1. The van der Waals surface area contributed by atoms with Crippen LogP contribution >= 0.6 is 11.6 Å². The largest absolute Gasteiger partial charge is 0.436 e. The van der Waals surface area contributed by atoms with Gasteiger partial charge in [0.2, 0.25) is 5.71 Å². The van der Waals surface area contributed by atoms with Gasteiger partial charge in [-0.25, -0.2) is 9.78 Å². The van der Waals surface area contributed by atoms with Crippen molar-refractivity contribution in [3.8, 4) is 17.4 Å². The van der Waals surface area contributed by atoms with Crippen LogP contribution in [0.2, 0.25) is 5.02 Å². The fourth-order valence-electron chi connectivity index (χ4n) is 3.97. The highest BCUT2D eigenvalue weighted by Crippen LogP contribution is 2.41. The first kappa shape index (κ1) is 23.9. The van der Waals surface area contributed by atoms with Gasteiger partial charge in [-0.2, -0.15) is 5.26 Å². The van der Waals surface area contributed by atoms with Crippen molar-refractivity contribution in [2.24, 2.45) is 0 Å². The van der Waals surface area contributed by atoms with Crippen LogP contribution in [0, 0.1) is 11.3 Å². The zero-order valence-electron chi connectivity index (χ0n) is 19.7. The van der Waals surface area contributed by atoms with E-state index in [9.17, 15) is 10.1 Å². The second-order valence-corrected chi connectivity index (χ2v) is 8.65. The summed E-state index contributed by atoms with van der Waals surface area (Å²) in [5.74, 6) is 0.516. The highest BCUT2D eigenvalue weighted by atomic mass is 35.5. The van der Waals surface area contributed by atoms with E-state index in [-0.39, 0.29) is 6.03 Å². The van der Waals surface area contributed by atoms with Crippen molar-refractivity contribution < 1.29 is 9.21 Å². The zero-order valence-corrected chi connectivity index (χ0v) is 20.4. The lowest BCUT2D eigenvalue weighted by Crippen LogP contribution is -2.19. The molecule has 0 saturated carbocycles. The maximum Gasteiger partial charge on any atom is 0.323 e. The molecule has 0 bridgehead atoms. The molecular weight excluding hydrogens is 486 g/mol. The maximum atomic E-state index is 12.2. The SMILES string of the molecule is N#Cc1cnc2oc(-c3ccccc3)c(Cl)c2c1NCCc1ccc(NC(=O)Nc2ccccc2)cc1. The van der Waals surface area contributed by atoms with Crippen LogP contribution in [0.4, 0.5) is 21.9 Å². The smallest absolute Gasteiger partial charge is 0.323 e. The number of amides is 2. The predicted molar refractivity (Wildman–Crippen MR) is 147 cm³/mol. The Labute approximate surface area is 218 Å². The van der Waals surface area contributed by atoms with E-state index in [1.165, 1.54) is 6.20 Å². The van der Waals surface area contributed by atoms with Gasteiger partial charge < -0.3 is 20.4 Å². The molecule has 0 aliphatic rings. The van der Waals surface area contributed by atoms with Crippen molar-refractivity contribution in [1.82, 2.24) is 4.98 Å². The molecule has 0 fully saturated rings. The number of hydrogen-bond acceptors (Lipinski definition) is 5. The third-order valence-electron chi connectivity index (χ3n) is 5.78. The normalized spacial score (nSPS) is 10.6. The van der Waals surface area contributed by atoms with Crippen molar-refractivity contribution >= 4 is 45.8 Å². The molecule has 2 aromatic heterocycles. The molecule has 8 heteroatoms. The highest BCUT2D eigenvalue weighted by molar-refractivity contribution is 6.39. The number of halogens is 1. The summed E-state index contributed by atoms with van der Waals surface area (Å²) < 4.78 is 5.94. The van der Waals surface area contributed by atoms with E-state index in [1.807, 2.05) is 84.9 Å². The molecule has 0 aliphatic heterocycles. The minimum Gasteiger partial charge on any atom is -0.436 e. The van der Waals surface area contributed by atoms with Gasteiger partial charge in [0.1, 0.15) is 6.07 Å². The van der Waals surface area contributed by atoms with Crippen molar-refractivity contribution in [2.45, 2.75) is 6.42 Å². The van der Waals surface area contributed by atoms with Crippen LogP contribution in [0.15, 0.2) is 95.5 Å². The topological polar surface area (TPSA) is 103 Å². The monoisotopic (exact) mass is 507 g/mol. The van der Waals surface area contributed by atoms with Crippen LogP contribution in [0.5, 0.6) is 0 Å². The molecule has 0 radical (unpaired) electrons.